The third kappa shape index (κ3) is 3.32. The molecular weight excluding hydrogens is 226 g/mol. The molecule has 0 bridgehead atoms. The molecule has 1 aliphatic rings. The lowest BCUT2D eigenvalue weighted by Crippen LogP contribution is -2.36. The van der Waals surface area contributed by atoms with Crippen molar-refractivity contribution in [2.45, 2.75) is 65.0 Å². The Morgan fingerprint density at radius 2 is 1.94 bits per heavy atom. The smallest absolute Gasteiger partial charge is 0.0390 e. The first-order valence-electron chi connectivity index (χ1n) is 6.98. The van der Waals surface area contributed by atoms with Crippen molar-refractivity contribution in [1.82, 2.24) is 5.32 Å². The average molecular weight is 251 g/mol. The summed E-state index contributed by atoms with van der Waals surface area (Å²) in [6, 6.07) is 3.39. The van der Waals surface area contributed by atoms with E-state index in [0.29, 0.717) is 12.1 Å². The molecule has 17 heavy (non-hydrogen) atoms. The van der Waals surface area contributed by atoms with Gasteiger partial charge in [-0.15, -0.1) is 11.3 Å². The molecule has 1 aromatic heterocycles. The van der Waals surface area contributed by atoms with E-state index in [1.165, 1.54) is 42.5 Å². The van der Waals surface area contributed by atoms with E-state index >= 15 is 0 Å². The van der Waals surface area contributed by atoms with Gasteiger partial charge in [0.15, 0.2) is 0 Å². The Morgan fingerprint density at radius 1 is 1.24 bits per heavy atom. The summed E-state index contributed by atoms with van der Waals surface area (Å²) in [7, 11) is 0. The van der Waals surface area contributed by atoms with E-state index < -0.39 is 0 Å². The van der Waals surface area contributed by atoms with Crippen LogP contribution in [0.2, 0.25) is 0 Å². The van der Waals surface area contributed by atoms with Crippen molar-refractivity contribution in [3.8, 4) is 0 Å². The van der Waals surface area contributed by atoms with Crippen LogP contribution in [0.1, 0.15) is 62.4 Å². The van der Waals surface area contributed by atoms with Crippen LogP contribution in [-0.2, 0) is 0 Å². The molecule has 0 amide bonds. The van der Waals surface area contributed by atoms with Gasteiger partial charge in [0.25, 0.3) is 0 Å². The summed E-state index contributed by atoms with van der Waals surface area (Å²) >= 11 is 1.88. The fraction of sp³-hybridized carbons (Fsp3) is 0.733. The fourth-order valence-electron chi connectivity index (χ4n) is 3.07. The van der Waals surface area contributed by atoms with Gasteiger partial charge in [-0.2, -0.15) is 0 Å². The van der Waals surface area contributed by atoms with Gasteiger partial charge in [-0.05, 0) is 56.5 Å². The maximum atomic E-state index is 3.80. The van der Waals surface area contributed by atoms with E-state index in [9.17, 15) is 0 Å². The first-order chi connectivity index (χ1) is 8.18. The topological polar surface area (TPSA) is 12.0 Å². The van der Waals surface area contributed by atoms with Crippen molar-refractivity contribution in [2.75, 3.05) is 0 Å². The van der Waals surface area contributed by atoms with Crippen LogP contribution in [0.5, 0.6) is 0 Å². The summed E-state index contributed by atoms with van der Waals surface area (Å²) in [6.07, 6.45) is 7.16. The zero-order chi connectivity index (χ0) is 12.3. The predicted octanol–water partition coefficient (Wildman–Crippen LogP) is 4.68. The Balaban J connectivity index is 1.89. The monoisotopic (exact) mass is 251 g/mol. The van der Waals surface area contributed by atoms with Crippen LogP contribution in [0.15, 0.2) is 11.4 Å². The molecule has 1 unspecified atom stereocenters. The lowest BCUT2D eigenvalue weighted by atomic mass is 9.84. The van der Waals surface area contributed by atoms with E-state index in [-0.39, 0.29) is 0 Å². The van der Waals surface area contributed by atoms with Gasteiger partial charge in [-0.25, -0.2) is 0 Å². The number of hydrogen-bond donors (Lipinski definition) is 1. The van der Waals surface area contributed by atoms with Gasteiger partial charge >= 0.3 is 0 Å². The number of rotatable bonds is 4. The molecule has 2 rings (SSSR count). The molecule has 1 heterocycles. The van der Waals surface area contributed by atoms with Crippen LogP contribution in [0.4, 0.5) is 0 Å². The molecule has 96 valence electrons. The number of nitrogens with one attached hydrogen (secondary N) is 1. The van der Waals surface area contributed by atoms with Crippen LogP contribution in [-0.4, -0.2) is 6.04 Å². The fourth-order valence-corrected chi connectivity index (χ4v) is 4.01. The van der Waals surface area contributed by atoms with Crippen LogP contribution >= 0.6 is 11.3 Å². The van der Waals surface area contributed by atoms with Gasteiger partial charge in [0.05, 0.1) is 0 Å². The molecule has 1 saturated carbocycles. The first kappa shape index (κ1) is 13.1. The molecule has 1 aliphatic carbocycles. The Kier molecular flexibility index (Phi) is 4.63. The van der Waals surface area contributed by atoms with Crippen molar-refractivity contribution < 1.29 is 0 Å². The third-order valence-corrected chi connectivity index (χ3v) is 5.37. The SMILES string of the molecule is Cc1ccsc1C(C)N[C@@H](C)C1CCCCC1. The molecule has 1 N–H and O–H groups in total. The highest BCUT2D eigenvalue weighted by Crippen LogP contribution is 2.29. The second-order valence-electron chi connectivity index (χ2n) is 5.54. The molecule has 0 aliphatic heterocycles. The minimum Gasteiger partial charge on any atom is -0.307 e. The summed E-state index contributed by atoms with van der Waals surface area (Å²) in [5.74, 6) is 0.895. The third-order valence-electron chi connectivity index (χ3n) is 4.16. The standard InChI is InChI=1S/C15H25NS/c1-11-9-10-17-15(11)13(3)16-12(2)14-7-5-4-6-8-14/h9-10,12-14,16H,4-8H2,1-3H3/t12-,13?/m0/s1. The van der Waals surface area contributed by atoms with Gasteiger partial charge in [0.2, 0.25) is 0 Å². The van der Waals surface area contributed by atoms with E-state index in [0.717, 1.165) is 5.92 Å². The number of thiophene rings is 1. The van der Waals surface area contributed by atoms with Crippen molar-refractivity contribution in [2.24, 2.45) is 5.92 Å². The maximum Gasteiger partial charge on any atom is 0.0390 e. The molecule has 1 aromatic rings. The van der Waals surface area contributed by atoms with Gasteiger partial charge in [0.1, 0.15) is 0 Å². The summed E-state index contributed by atoms with van der Waals surface area (Å²) in [5.41, 5.74) is 1.44. The van der Waals surface area contributed by atoms with E-state index in [2.05, 4.69) is 37.5 Å². The summed E-state index contributed by atoms with van der Waals surface area (Å²) < 4.78 is 0. The Hall–Kier alpha value is -0.340. The predicted molar refractivity (Wildman–Crippen MR) is 76.6 cm³/mol. The quantitative estimate of drug-likeness (QED) is 0.819. The minimum absolute atomic E-state index is 0.506. The van der Waals surface area contributed by atoms with E-state index in [1.807, 2.05) is 11.3 Å². The lowest BCUT2D eigenvalue weighted by molar-refractivity contribution is 0.269. The molecule has 2 heteroatoms. The second-order valence-corrected chi connectivity index (χ2v) is 6.49. The van der Waals surface area contributed by atoms with Gasteiger partial charge in [-0.3, -0.25) is 0 Å². The van der Waals surface area contributed by atoms with Gasteiger partial charge < -0.3 is 5.32 Å². The molecule has 0 radical (unpaired) electrons. The zero-order valence-electron chi connectivity index (χ0n) is 11.3. The molecule has 1 nitrogen and oxygen atoms in total. The van der Waals surface area contributed by atoms with Crippen LogP contribution in [0, 0.1) is 12.8 Å². The van der Waals surface area contributed by atoms with E-state index in [4.69, 9.17) is 0 Å². The van der Waals surface area contributed by atoms with Crippen molar-refractivity contribution >= 4 is 11.3 Å². The number of hydrogen-bond acceptors (Lipinski definition) is 2. The molecule has 2 atom stereocenters. The molecule has 1 fully saturated rings. The van der Waals surface area contributed by atoms with Crippen molar-refractivity contribution in [3.63, 3.8) is 0 Å². The van der Waals surface area contributed by atoms with Crippen molar-refractivity contribution in [1.29, 1.82) is 0 Å². The Labute approximate surface area is 110 Å². The second kappa shape index (κ2) is 6.01. The molecule has 0 saturated heterocycles. The molecular formula is C15H25NS. The highest BCUT2D eigenvalue weighted by molar-refractivity contribution is 7.10. The maximum absolute atomic E-state index is 3.80. The zero-order valence-corrected chi connectivity index (χ0v) is 12.1. The average Bonchev–Trinajstić information content (AvgIpc) is 2.76. The summed E-state index contributed by atoms with van der Waals surface area (Å²) in [5, 5.41) is 6.01. The van der Waals surface area contributed by atoms with Crippen LogP contribution in [0.25, 0.3) is 0 Å². The van der Waals surface area contributed by atoms with Crippen molar-refractivity contribution in [3.05, 3.63) is 21.9 Å². The Bertz CT molecular complexity index is 338. The molecule has 0 aromatic carbocycles. The largest absolute Gasteiger partial charge is 0.307 e. The van der Waals surface area contributed by atoms with Gasteiger partial charge in [-0.1, -0.05) is 19.3 Å². The summed E-state index contributed by atoms with van der Waals surface area (Å²) in [4.78, 5) is 1.51. The normalized spacial score (nSPS) is 21.4. The Morgan fingerprint density at radius 3 is 2.53 bits per heavy atom. The summed E-state index contributed by atoms with van der Waals surface area (Å²) in [6.45, 7) is 6.89. The van der Waals surface area contributed by atoms with Crippen LogP contribution < -0.4 is 5.32 Å². The lowest BCUT2D eigenvalue weighted by Gasteiger charge is -2.30. The molecule has 0 spiro atoms. The first-order valence-corrected chi connectivity index (χ1v) is 7.86. The van der Waals surface area contributed by atoms with E-state index in [1.54, 1.807) is 0 Å². The highest BCUT2D eigenvalue weighted by Gasteiger charge is 2.22. The number of aryl methyl sites for hydroxylation is 1. The van der Waals surface area contributed by atoms with Crippen LogP contribution in [0.3, 0.4) is 0 Å². The minimum atomic E-state index is 0.506. The highest BCUT2D eigenvalue weighted by atomic mass is 32.1. The van der Waals surface area contributed by atoms with Gasteiger partial charge in [0, 0.05) is 17.0 Å².